The minimum Gasteiger partial charge on any atom is -0.465 e. The van der Waals surface area contributed by atoms with Crippen LogP contribution in [0.2, 0.25) is 0 Å². The zero-order valence-electron chi connectivity index (χ0n) is 11.8. The molecule has 0 saturated heterocycles. The Kier molecular flexibility index (Phi) is 7.33. The minimum absolute atomic E-state index is 0.176. The molecule has 0 amide bonds. The Morgan fingerprint density at radius 1 is 1.53 bits per heavy atom. The van der Waals surface area contributed by atoms with Crippen LogP contribution in [0, 0.1) is 6.92 Å². The molecule has 1 aromatic heterocycles. The van der Waals surface area contributed by atoms with Crippen LogP contribution in [0.4, 0.5) is 0 Å². The van der Waals surface area contributed by atoms with Crippen LogP contribution in [0.25, 0.3) is 0 Å². The largest absolute Gasteiger partial charge is 0.465 e. The number of rotatable bonds is 8. The number of aromatic nitrogens is 2. The van der Waals surface area contributed by atoms with E-state index in [0.717, 1.165) is 22.3 Å². The fraction of sp³-hybridized carbons (Fsp3) is 0.750. The van der Waals surface area contributed by atoms with Crippen LogP contribution in [0.3, 0.4) is 0 Å². The predicted molar refractivity (Wildman–Crippen MR) is 78.7 cm³/mol. The standard InChI is InChI=1S/C12H21N3O2S2/c1-5-17-11(16)10(13-8(2)3)6-7-18-12-14-9(4)15-19-12/h8,10,13H,5-7H2,1-4H3. The maximum absolute atomic E-state index is 11.8. The topological polar surface area (TPSA) is 64.1 Å². The number of nitrogens with one attached hydrogen (secondary N) is 1. The molecule has 1 aromatic rings. The highest BCUT2D eigenvalue weighted by Gasteiger charge is 2.20. The molecular formula is C12H21N3O2S2. The zero-order valence-corrected chi connectivity index (χ0v) is 13.4. The van der Waals surface area contributed by atoms with Crippen molar-refractivity contribution in [3.63, 3.8) is 0 Å². The Balaban J connectivity index is 2.41. The summed E-state index contributed by atoms with van der Waals surface area (Å²) < 4.78 is 10.2. The summed E-state index contributed by atoms with van der Waals surface area (Å²) >= 11 is 3.03. The number of hydrogen-bond acceptors (Lipinski definition) is 7. The average molecular weight is 303 g/mol. The molecule has 0 bridgehead atoms. The van der Waals surface area contributed by atoms with E-state index in [1.165, 1.54) is 11.5 Å². The van der Waals surface area contributed by atoms with E-state index in [0.29, 0.717) is 6.61 Å². The molecule has 5 nitrogen and oxygen atoms in total. The third-order valence-corrected chi connectivity index (χ3v) is 4.20. The number of carbonyl (C=O) groups is 1. The molecule has 0 radical (unpaired) electrons. The van der Waals surface area contributed by atoms with E-state index < -0.39 is 0 Å². The second-order valence-corrected chi connectivity index (χ2v) is 6.46. The first kappa shape index (κ1) is 16.4. The molecule has 1 heterocycles. The van der Waals surface area contributed by atoms with Gasteiger partial charge in [-0.25, -0.2) is 4.98 Å². The Hall–Kier alpha value is -0.660. The molecule has 0 aliphatic carbocycles. The Morgan fingerprint density at radius 2 is 2.26 bits per heavy atom. The fourth-order valence-corrected chi connectivity index (χ4v) is 3.24. The van der Waals surface area contributed by atoms with Gasteiger partial charge in [0, 0.05) is 11.8 Å². The Morgan fingerprint density at radius 3 is 2.79 bits per heavy atom. The van der Waals surface area contributed by atoms with Gasteiger partial charge in [0.25, 0.3) is 0 Å². The molecular weight excluding hydrogens is 282 g/mol. The number of ether oxygens (including phenoxy) is 1. The number of nitrogens with zero attached hydrogens (tertiary/aromatic N) is 2. The van der Waals surface area contributed by atoms with Gasteiger partial charge in [-0.15, -0.1) is 0 Å². The van der Waals surface area contributed by atoms with E-state index in [1.807, 2.05) is 27.7 Å². The van der Waals surface area contributed by atoms with Gasteiger partial charge < -0.3 is 10.1 Å². The predicted octanol–water partition coefficient (Wildman–Crippen LogP) is 2.26. The first-order chi connectivity index (χ1) is 9.02. The number of esters is 1. The first-order valence-corrected chi connectivity index (χ1v) is 8.14. The van der Waals surface area contributed by atoms with Crippen molar-refractivity contribution in [3.05, 3.63) is 5.82 Å². The Bertz CT molecular complexity index is 396. The number of hydrogen-bond donors (Lipinski definition) is 1. The van der Waals surface area contributed by atoms with E-state index in [4.69, 9.17) is 4.74 Å². The van der Waals surface area contributed by atoms with Gasteiger partial charge in [-0.2, -0.15) is 4.37 Å². The van der Waals surface area contributed by atoms with Gasteiger partial charge in [-0.1, -0.05) is 25.6 Å². The van der Waals surface area contributed by atoms with E-state index in [2.05, 4.69) is 14.7 Å². The van der Waals surface area contributed by atoms with Crippen molar-refractivity contribution in [2.24, 2.45) is 0 Å². The van der Waals surface area contributed by atoms with Crippen LogP contribution in [0.5, 0.6) is 0 Å². The molecule has 0 spiro atoms. The highest BCUT2D eigenvalue weighted by Crippen LogP contribution is 2.21. The van der Waals surface area contributed by atoms with Crippen molar-refractivity contribution in [3.8, 4) is 0 Å². The monoisotopic (exact) mass is 303 g/mol. The van der Waals surface area contributed by atoms with Gasteiger partial charge in [-0.05, 0) is 31.8 Å². The normalized spacial score (nSPS) is 12.7. The third kappa shape index (κ3) is 6.35. The molecule has 1 atom stereocenters. The minimum atomic E-state index is -0.249. The lowest BCUT2D eigenvalue weighted by Crippen LogP contribution is -2.42. The van der Waals surface area contributed by atoms with Gasteiger partial charge in [0.2, 0.25) is 0 Å². The quantitative estimate of drug-likeness (QED) is 0.587. The van der Waals surface area contributed by atoms with Crippen LogP contribution < -0.4 is 5.32 Å². The lowest BCUT2D eigenvalue weighted by atomic mass is 10.2. The SMILES string of the molecule is CCOC(=O)C(CCSc1nc(C)ns1)NC(C)C. The summed E-state index contributed by atoms with van der Waals surface area (Å²) in [7, 11) is 0. The summed E-state index contributed by atoms with van der Waals surface area (Å²) in [6.07, 6.45) is 0.723. The van der Waals surface area contributed by atoms with Crippen molar-refractivity contribution >= 4 is 29.3 Å². The van der Waals surface area contributed by atoms with Gasteiger partial charge >= 0.3 is 5.97 Å². The summed E-state index contributed by atoms with van der Waals surface area (Å²) in [4.78, 5) is 16.1. The van der Waals surface area contributed by atoms with Gasteiger partial charge in [0.1, 0.15) is 11.9 Å². The van der Waals surface area contributed by atoms with Gasteiger partial charge in [-0.3, -0.25) is 4.79 Å². The fourth-order valence-electron chi connectivity index (χ4n) is 1.52. The molecule has 0 aliphatic heterocycles. The molecule has 19 heavy (non-hydrogen) atoms. The van der Waals surface area contributed by atoms with Crippen molar-refractivity contribution in [2.45, 2.75) is 50.5 Å². The zero-order chi connectivity index (χ0) is 14.3. The lowest BCUT2D eigenvalue weighted by Gasteiger charge is -2.19. The summed E-state index contributed by atoms with van der Waals surface area (Å²) in [5.41, 5.74) is 0. The Labute approximate surface area is 122 Å². The highest BCUT2D eigenvalue weighted by atomic mass is 32.2. The summed E-state index contributed by atoms with van der Waals surface area (Å²) in [6.45, 7) is 8.16. The van der Waals surface area contributed by atoms with Crippen molar-refractivity contribution in [1.29, 1.82) is 0 Å². The van der Waals surface area contributed by atoms with E-state index in [-0.39, 0.29) is 18.1 Å². The van der Waals surface area contributed by atoms with Crippen molar-refractivity contribution < 1.29 is 9.53 Å². The summed E-state index contributed by atoms with van der Waals surface area (Å²) in [5.74, 6) is 1.44. The van der Waals surface area contributed by atoms with E-state index in [1.54, 1.807) is 11.8 Å². The smallest absolute Gasteiger partial charge is 0.323 e. The van der Waals surface area contributed by atoms with Gasteiger partial charge in [0.15, 0.2) is 4.34 Å². The summed E-state index contributed by atoms with van der Waals surface area (Å²) in [6, 6.07) is 0.00430. The second-order valence-electron chi connectivity index (χ2n) is 4.37. The molecule has 1 unspecified atom stereocenters. The van der Waals surface area contributed by atoms with Gasteiger partial charge in [0.05, 0.1) is 6.61 Å². The van der Waals surface area contributed by atoms with E-state index in [9.17, 15) is 4.79 Å². The van der Waals surface area contributed by atoms with Crippen LogP contribution in [0.15, 0.2) is 4.34 Å². The number of thioether (sulfide) groups is 1. The summed E-state index contributed by atoms with van der Waals surface area (Å²) in [5, 5.41) is 3.24. The molecule has 0 fully saturated rings. The van der Waals surface area contributed by atoms with E-state index >= 15 is 0 Å². The van der Waals surface area contributed by atoms with Crippen LogP contribution in [0.1, 0.15) is 33.0 Å². The van der Waals surface area contributed by atoms with Crippen molar-refractivity contribution in [2.75, 3.05) is 12.4 Å². The first-order valence-electron chi connectivity index (χ1n) is 6.38. The second kappa shape index (κ2) is 8.50. The number of aryl methyl sites for hydroxylation is 1. The van der Waals surface area contributed by atoms with Crippen LogP contribution in [-0.4, -0.2) is 39.8 Å². The van der Waals surface area contributed by atoms with Crippen LogP contribution >= 0.6 is 23.3 Å². The molecule has 1 rings (SSSR count). The average Bonchev–Trinajstić information content (AvgIpc) is 2.73. The third-order valence-electron chi connectivity index (χ3n) is 2.25. The maximum atomic E-state index is 11.8. The van der Waals surface area contributed by atoms with Crippen molar-refractivity contribution in [1.82, 2.24) is 14.7 Å². The lowest BCUT2D eigenvalue weighted by molar-refractivity contribution is -0.145. The molecule has 0 aromatic carbocycles. The molecule has 0 saturated carbocycles. The number of carbonyl (C=O) groups excluding carboxylic acids is 1. The molecule has 108 valence electrons. The molecule has 1 N–H and O–H groups in total. The molecule has 0 aliphatic rings. The maximum Gasteiger partial charge on any atom is 0.323 e. The van der Waals surface area contributed by atoms with Crippen LogP contribution in [-0.2, 0) is 9.53 Å². The molecule has 7 heteroatoms. The highest BCUT2D eigenvalue weighted by molar-refractivity contribution is 8.00.